The van der Waals surface area contributed by atoms with Crippen LogP contribution in [0.5, 0.6) is 0 Å². The van der Waals surface area contributed by atoms with Gasteiger partial charge >= 0.3 is 5.97 Å². The van der Waals surface area contributed by atoms with Gasteiger partial charge in [0.15, 0.2) is 0 Å². The second-order valence-electron chi connectivity index (χ2n) is 4.98. The molecule has 0 radical (unpaired) electrons. The molecule has 0 aliphatic carbocycles. The monoisotopic (exact) mass is 384 g/mol. The molecule has 1 amide bonds. The van der Waals surface area contributed by atoms with Crippen LogP contribution in [-0.4, -0.2) is 35.9 Å². The summed E-state index contributed by atoms with van der Waals surface area (Å²) in [6, 6.07) is 3.93. The highest BCUT2D eigenvalue weighted by atomic mass is 79.9. The quantitative estimate of drug-likeness (QED) is 0.820. The summed E-state index contributed by atoms with van der Waals surface area (Å²) in [4.78, 5) is 30.1. The van der Waals surface area contributed by atoms with E-state index in [9.17, 15) is 9.59 Å². The third-order valence-electron chi connectivity index (χ3n) is 3.41. The summed E-state index contributed by atoms with van der Waals surface area (Å²) in [5.41, 5.74) is 2.11. The average Bonchev–Trinajstić information content (AvgIpc) is 3.00. The minimum absolute atomic E-state index is 0.153. The topological polar surface area (TPSA) is 62.4 Å². The lowest BCUT2D eigenvalue weighted by Crippen LogP contribution is -2.26. The number of aromatic amines is 1. The van der Waals surface area contributed by atoms with Crippen molar-refractivity contribution < 1.29 is 14.3 Å². The van der Waals surface area contributed by atoms with Crippen LogP contribution in [0.2, 0.25) is 0 Å². The fraction of sp³-hybridized carbons (Fsp3) is 0.333. The normalized spacial score (nSPS) is 10.6. The van der Waals surface area contributed by atoms with Crippen LogP contribution in [0.3, 0.4) is 0 Å². The standard InChI is InChI=1S/C15H17BrN2O3S/c1-8-12(15(20)21-4)9(2)17-13(8)14(19)18(3)7-10-5-6-11(16)22-10/h5-6,17H,7H2,1-4H3. The zero-order valence-corrected chi connectivity index (χ0v) is 15.2. The second-order valence-corrected chi connectivity index (χ2v) is 7.53. The molecule has 0 aliphatic heterocycles. The first-order valence-electron chi connectivity index (χ1n) is 6.62. The van der Waals surface area contributed by atoms with Crippen LogP contribution in [0.15, 0.2) is 15.9 Å². The molecule has 0 saturated heterocycles. The van der Waals surface area contributed by atoms with Crippen molar-refractivity contribution in [3.8, 4) is 0 Å². The second kappa shape index (κ2) is 6.66. The third kappa shape index (κ3) is 3.25. The van der Waals surface area contributed by atoms with Gasteiger partial charge in [0.05, 0.1) is 23.0 Å². The average molecular weight is 385 g/mol. The van der Waals surface area contributed by atoms with Crippen molar-refractivity contribution in [1.82, 2.24) is 9.88 Å². The third-order valence-corrected chi connectivity index (χ3v) is 5.02. The van der Waals surface area contributed by atoms with Gasteiger partial charge in [0.25, 0.3) is 5.91 Å². The smallest absolute Gasteiger partial charge is 0.339 e. The zero-order valence-electron chi connectivity index (χ0n) is 12.8. The van der Waals surface area contributed by atoms with Crippen LogP contribution in [0.25, 0.3) is 0 Å². The molecule has 5 nitrogen and oxygen atoms in total. The first kappa shape index (κ1) is 16.8. The Balaban J connectivity index is 2.24. The minimum atomic E-state index is -0.435. The summed E-state index contributed by atoms with van der Waals surface area (Å²) in [6.07, 6.45) is 0. The Morgan fingerprint density at radius 3 is 2.59 bits per heavy atom. The van der Waals surface area contributed by atoms with Crippen molar-refractivity contribution in [3.63, 3.8) is 0 Å². The van der Waals surface area contributed by atoms with Crippen LogP contribution in [0.4, 0.5) is 0 Å². The lowest BCUT2D eigenvalue weighted by molar-refractivity contribution is 0.0599. The molecule has 0 aromatic carbocycles. The molecule has 118 valence electrons. The number of amides is 1. The van der Waals surface area contributed by atoms with E-state index in [1.54, 1.807) is 37.1 Å². The maximum atomic E-state index is 12.6. The predicted molar refractivity (Wildman–Crippen MR) is 89.4 cm³/mol. The highest BCUT2D eigenvalue weighted by molar-refractivity contribution is 9.11. The SMILES string of the molecule is COC(=O)c1c(C)[nH]c(C(=O)N(C)Cc2ccc(Br)s2)c1C. The Morgan fingerprint density at radius 2 is 2.05 bits per heavy atom. The Morgan fingerprint density at radius 1 is 1.36 bits per heavy atom. The molecule has 0 fully saturated rings. The maximum Gasteiger partial charge on any atom is 0.339 e. The molecule has 0 atom stereocenters. The number of rotatable bonds is 4. The van der Waals surface area contributed by atoms with Crippen LogP contribution >= 0.6 is 27.3 Å². The lowest BCUT2D eigenvalue weighted by atomic mass is 10.1. The van der Waals surface area contributed by atoms with Crippen LogP contribution < -0.4 is 0 Å². The molecular weight excluding hydrogens is 368 g/mol. The molecule has 2 aromatic rings. The number of aryl methyl sites for hydroxylation is 1. The number of aromatic nitrogens is 1. The van der Waals surface area contributed by atoms with Gasteiger partial charge < -0.3 is 14.6 Å². The van der Waals surface area contributed by atoms with Gasteiger partial charge in [0.2, 0.25) is 0 Å². The Kier molecular flexibility index (Phi) is 5.08. The van der Waals surface area contributed by atoms with Crippen molar-refractivity contribution in [2.75, 3.05) is 14.2 Å². The van der Waals surface area contributed by atoms with Gasteiger partial charge in [-0.05, 0) is 47.5 Å². The van der Waals surface area contributed by atoms with Gasteiger partial charge in [0.1, 0.15) is 5.69 Å². The molecule has 7 heteroatoms. The van der Waals surface area contributed by atoms with Crippen LogP contribution in [0.1, 0.15) is 37.0 Å². The minimum Gasteiger partial charge on any atom is -0.465 e. The molecule has 0 unspecified atom stereocenters. The number of H-pyrrole nitrogens is 1. The summed E-state index contributed by atoms with van der Waals surface area (Å²) >= 11 is 5.00. The number of nitrogens with one attached hydrogen (secondary N) is 1. The van der Waals surface area contributed by atoms with Gasteiger partial charge in [-0.1, -0.05) is 0 Å². The lowest BCUT2D eigenvalue weighted by Gasteiger charge is -2.16. The van der Waals surface area contributed by atoms with E-state index in [4.69, 9.17) is 4.74 Å². The summed E-state index contributed by atoms with van der Waals surface area (Å²) in [6.45, 7) is 4.02. The Labute approximate surface area is 141 Å². The highest BCUT2D eigenvalue weighted by Crippen LogP contribution is 2.24. The fourth-order valence-corrected chi connectivity index (χ4v) is 3.84. The molecule has 22 heavy (non-hydrogen) atoms. The molecule has 0 spiro atoms. The molecule has 2 rings (SSSR count). The van der Waals surface area contributed by atoms with Gasteiger partial charge in [-0.2, -0.15) is 0 Å². The predicted octanol–water partition coefficient (Wildman–Crippen LogP) is 3.51. The molecule has 0 bridgehead atoms. The first-order chi connectivity index (χ1) is 10.3. The first-order valence-corrected chi connectivity index (χ1v) is 8.23. The summed E-state index contributed by atoms with van der Waals surface area (Å²) in [5.74, 6) is -0.588. The summed E-state index contributed by atoms with van der Waals surface area (Å²) in [7, 11) is 3.07. The van der Waals surface area contributed by atoms with Crippen molar-refractivity contribution >= 4 is 39.1 Å². The maximum absolute atomic E-state index is 12.6. The number of thiophene rings is 1. The van der Waals surface area contributed by atoms with Crippen molar-refractivity contribution in [3.05, 3.63) is 43.3 Å². The molecule has 0 aliphatic rings. The molecule has 2 aromatic heterocycles. The van der Waals surface area contributed by atoms with E-state index in [1.165, 1.54) is 7.11 Å². The van der Waals surface area contributed by atoms with Crippen LogP contribution in [0, 0.1) is 13.8 Å². The summed E-state index contributed by atoms with van der Waals surface area (Å²) < 4.78 is 5.79. The number of hydrogen-bond acceptors (Lipinski definition) is 4. The highest BCUT2D eigenvalue weighted by Gasteiger charge is 2.24. The van der Waals surface area contributed by atoms with Crippen molar-refractivity contribution in [1.29, 1.82) is 0 Å². The van der Waals surface area contributed by atoms with Gasteiger partial charge in [-0.25, -0.2) is 4.79 Å². The number of halogens is 1. The van der Waals surface area contributed by atoms with E-state index in [0.717, 1.165) is 8.66 Å². The number of carbonyl (C=O) groups excluding carboxylic acids is 2. The van der Waals surface area contributed by atoms with E-state index in [1.807, 2.05) is 12.1 Å². The van der Waals surface area contributed by atoms with Gasteiger partial charge in [-0.3, -0.25) is 4.79 Å². The number of methoxy groups -OCH3 is 1. The van der Waals surface area contributed by atoms with E-state index in [-0.39, 0.29) is 5.91 Å². The van der Waals surface area contributed by atoms with Gasteiger partial charge in [-0.15, -0.1) is 11.3 Å². The number of nitrogens with zero attached hydrogens (tertiary/aromatic N) is 1. The number of esters is 1. The molecule has 2 heterocycles. The van der Waals surface area contributed by atoms with E-state index in [0.29, 0.717) is 29.1 Å². The van der Waals surface area contributed by atoms with E-state index in [2.05, 4.69) is 20.9 Å². The Hall–Kier alpha value is -1.60. The number of carbonyl (C=O) groups is 2. The van der Waals surface area contributed by atoms with Gasteiger partial charge in [0, 0.05) is 17.6 Å². The van der Waals surface area contributed by atoms with Crippen LogP contribution in [-0.2, 0) is 11.3 Å². The Bertz CT molecular complexity index is 720. The fourth-order valence-electron chi connectivity index (χ4n) is 2.31. The molecule has 1 N–H and O–H groups in total. The van der Waals surface area contributed by atoms with Crippen molar-refractivity contribution in [2.45, 2.75) is 20.4 Å². The zero-order chi connectivity index (χ0) is 16.4. The number of hydrogen-bond donors (Lipinski definition) is 1. The molecule has 0 saturated carbocycles. The summed E-state index contributed by atoms with van der Waals surface area (Å²) in [5, 5.41) is 0. The molecular formula is C15H17BrN2O3S. The van der Waals surface area contributed by atoms with E-state index >= 15 is 0 Å². The largest absolute Gasteiger partial charge is 0.465 e. The number of ether oxygens (including phenoxy) is 1. The van der Waals surface area contributed by atoms with E-state index < -0.39 is 5.97 Å². The van der Waals surface area contributed by atoms with Crippen molar-refractivity contribution in [2.24, 2.45) is 0 Å².